The summed E-state index contributed by atoms with van der Waals surface area (Å²) in [7, 11) is 0. The molecule has 0 aliphatic heterocycles. The predicted octanol–water partition coefficient (Wildman–Crippen LogP) is 2.40. The number of hydrogen-bond acceptors (Lipinski definition) is 1. The standard InChI is InChI=1S/C9H19O/c1-5-9(10,6-2)7-8(3)4/h7-8,10H,5-6H2,1-4H3. The first kappa shape index (κ1) is 9.96. The fourth-order valence-electron chi connectivity index (χ4n) is 1.11. The Kier molecular flexibility index (Phi) is 3.95. The van der Waals surface area contributed by atoms with E-state index in [1.165, 1.54) is 0 Å². The van der Waals surface area contributed by atoms with Crippen LogP contribution >= 0.6 is 0 Å². The van der Waals surface area contributed by atoms with Crippen LogP contribution in [0, 0.1) is 12.3 Å². The Labute approximate surface area is 64.5 Å². The third kappa shape index (κ3) is 3.21. The molecule has 1 heteroatoms. The van der Waals surface area contributed by atoms with Gasteiger partial charge in [-0.05, 0) is 25.2 Å². The largest absolute Gasteiger partial charge is 0.390 e. The van der Waals surface area contributed by atoms with Gasteiger partial charge in [0.05, 0.1) is 5.60 Å². The minimum atomic E-state index is -0.520. The number of hydrogen-bond donors (Lipinski definition) is 1. The topological polar surface area (TPSA) is 20.2 Å². The van der Waals surface area contributed by atoms with E-state index in [4.69, 9.17) is 0 Å². The van der Waals surface area contributed by atoms with Crippen LogP contribution in [-0.2, 0) is 0 Å². The maximum Gasteiger partial charge on any atom is 0.0676 e. The second kappa shape index (κ2) is 3.97. The Balaban J connectivity index is 3.80. The Hall–Kier alpha value is -0.0400. The van der Waals surface area contributed by atoms with E-state index in [2.05, 4.69) is 13.8 Å². The number of rotatable bonds is 4. The van der Waals surface area contributed by atoms with Gasteiger partial charge in [-0.15, -0.1) is 0 Å². The van der Waals surface area contributed by atoms with Crippen LogP contribution in [0.4, 0.5) is 0 Å². The molecule has 0 atom stereocenters. The summed E-state index contributed by atoms with van der Waals surface area (Å²) in [4.78, 5) is 0. The Morgan fingerprint density at radius 1 is 1.30 bits per heavy atom. The highest BCUT2D eigenvalue weighted by Gasteiger charge is 2.23. The fraction of sp³-hybridized carbons (Fsp3) is 0.889. The zero-order chi connectivity index (χ0) is 8.20. The molecular formula is C9H19O. The summed E-state index contributed by atoms with van der Waals surface area (Å²) in [6, 6.07) is 0. The van der Waals surface area contributed by atoms with Gasteiger partial charge in [0.25, 0.3) is 0 Å². The Bertz CT molecular complexity index is 82.7. The summed E-state index contributed by atoms with van der Waals surface area (Å²) in [5, 5.41) is 9.74. The number of aliphatic hydroxyl groups is 1. The highest BCUT2D eigenvalue weighted by atomic mass is 16.3. The van der Waals surface area contributed by atoms with Gasteiger partial charge in [-0.2, -0.15) is 0 Å². The second-order valence-corrected chi connectivity index (χ2v) is 3.22. The molecule has 0 amide bonds. The van der Waals surface area contributed by atoms with Crippen LogP contribution in [0.5, 0.6) is 0 Å². The van der Waals surface area contributed by atoms with Gasteiger partial charge in [0.15, 0.2) is 0 Å². The molecule has 0 aromatic rings. The van der Waals surface area contributed by atoms with E-state index in [0.717, 1.165) is 12.8 Å². The van der Waals surface area contributed by atoms with Crippen molar-refractivity contribution in [2.24, 2.45) is 5.92 Å². The van der Waals surface area contributed by atoms with E-state index in [1.807, 2.05) is 20.3 Å². The molecule has 0 rings (SSSR count). The normalized spacial score (nSPS) is 12.6. The van der Waals surface area contributed by atoms with E-state index in [1.54, 1.807) is 0 Å². The average Bonchev–Trinajstić information content (AvgIpc) is 1.87. The molecule has 0 heterocycles. The lowest BCUT2D eigenvalue weighted by Gasteiger charge is -2.26. The molecule has 0 fully saturated rings. The van der Waals surface area contributed by atoms with Crippen molar-refractivity contribution in [3.63, 3.8) is 0 Å². The van der Waals surface area contributed by atoms with Crippen LogP contribution in [0.3, 0.4) is 0 Å². The Morgan fingerprint density at radius 3 is 1.80 bits per heavy atom. The monoisotopic (exact) mass is 143 g/mol. The summed E-state index contributed by atoms with van der Waals surface area (Å²) in [5.74, 6) is 0.477. The summed E-state index contributed by atoms with van der Waals surface area (Å²) >= 11 is 0. The van der Waals surface area contributed by atoms with Crippen LogP contribution in [-0.4, -0.2) is 10.7 Å². The molecule has 0 aliphatic carbocycles. The molecule has 0 saturated heterocycles. The van der Waals surface area contributed by atoms with E-state index >= 15 is 0 Å². The van der Waals surface area contributed by atoms with Gasteiger partial charge in [0.2, 0.25) is 0 Å². The van der Waals surface area contributed by atoms with Crippen molar-refractivity contribution in [2.45, 2.75) is 46.1 Å². The van der Waals surface area contributed by atoms with Crippen molar-refractivity contribution in [1.29, 1.82) is 0 Å². The smallest absolute Gasteiger partial charge is 0.0676 e. The average molecular weight is 143 g/mol. The lowest BCUT2D eigenvalue weighted by Crippen LogP contribution is -2.29. The van der Waals surface area contributed by atoms with Gasteiger partial charge in [-0.3, -0.25) is 0 Å². The minimum Gasteiger partial charge on any atom is -0.390 e. The third-order valence-electron chi connectivity index (χ3n) is 1.87. The third-order valence-corrected chi connectivity index (χ3v) is 1.87. The van der Waals surface area contributed by atoms with Gasteiger partial charge in [0.1, 0.15) is 0 Å². The van der Waals surface area contributed by atoms with E-state index in [-0.39, 0.29) is 0 Å². The predicted molar refractivity (Wildman–Crippen MR) is 44.7 cm³/mol. The SMILES string of the molecule is CCC(O)([CH]C(C)C)CC. The van der Waals surface area contributed by atoms with Crippen LogP contribution in [0.15, 0.2) is 0 Å². The van der Waals surface area contributed by atoms with E-state index < -0.39 is 5.60 Å². The molecule has 0 aliphatic rings. The Morgan fingerprint density at radius 2 is 1.70 bits per heavy atom. The van der Waals surface area contributed by atoms with E-state index in [0.29, 0.717) is 5.92 Å². The van der Waals surface area contributed by atoms with Crippen LogP contribution in [0.2, 0.25) is 0 Å². The quantitative estimate of drug-likeness (QED) is 0.640. The van der Waals surface area contributed by atoms with Gasteiger partial charge in [-0.1, -0.05) is 27.7 Å². The molecule has 0 aromatic heterocycles. The zero-order valence-electron chi connectivity index (χ0n) is 7.52. The van der Waals surface area contributed by atoms with Crippen molar-refractivity contribution in [1.82, 2.24) is 0 Å². The second-order valence-electron chi connectivity index (χ2n) is 3.22. The summed E-state index contributed by atoms with van der Waals surface area (Å²) in [6.07, 6.45) is 3.66. The molecule has 1 nitrogen and oxygen atoms in total. The minimum absolute atomic E-state index is 0.477. The molecule has 0 spiro atoms. The first-order valence-corrected chi connectivity index (χ1v) is 4.12. The van der Waals surface area contributed by atoms with Crippen molar-refractivity contribution < 1.29 is 5.11 Å². The van der Waals surface area contributed by atoms with Crippen LogP contribution in [0.1, 0.15) is 40.5 Å². The molecule has 1 radical (unpaired) electrons. The maximum atomic E-state index is 9.74. The van der Waals surface area contributed by atoms with Crippen molar-refractivity contribution in [3.05, 3.63) is 6.42 Å². The summed E-state index contributed by atoms with van der Waals surface area (Å²) < 4.78 is 0. The molecule has 1 N–H and O–H groups in total. The zero-order valence-corrected chi connectivity index (χ0v) is 7.52. The van der Waals surface area contributed by atoms with Gasteiger partial charge >= 0.3 is 0 Å². The molecule has 0 unspecified atom stereocenters. The molecule has 0 saturated carbocycles. The highest BCUT2D eigenvalue weighted by Crippen LogP contribution is 2.22. The van der Waals surface area contributed by atoms with E-state index in [9.17, 15) is 5.11 Å². The molecule has 10 heavy (non-hydrogen) atoms. The lowest BCUT2D eigenvalue weighted by molar-refractivity contribution is 0.0568. The lowest BCUT2D eigenvalue weighted by atomic mass is 9.88. The van der Waals surface area contributed by atoms with Crippen LogP contribution in [0.25, 0.3) is 0 Å². The van der Waals surface area contributed by atoms with Gasteiger partial charge in [-0.25, -0.2) is 0 Å². The fourth-order valence-corrected chi connectivity index (χ4v) is 1.11. The van der Waals surface area contributed by atoms with Crippen molar-refractivity contribution >= 4 is 0 Å². The molecule has 0 aromatic carbocycles. The molecular weight excluding hydrogens is 124 g/mol. The summed E-state index contributed by atoms with van der Waals surface area (Å²) in [6.45, 7) is 8.22. The van der Waals surface area contributed by atoms with Gasteiger partial charge < -0.3 is 5.11 Å². The maximum absolute atomic E-state index is 9.74. The van der Waals surface area contributed by atoms with Crippen molar-refractivity contribution in [2.75, 3.05) is 0 Å². The van der Waals surface area contributed by atoms with Crippen LogP contribution < -0.4 is 0 Å². The van der Waals surface area contributed by atoms with Crippen molar-refractivity contribution in [3.8, 4) is 0 Å². The first-order valence-electron chi connectivity index (χ1n) is 4.12. The first-order chi connectivity index (χ1) is 4.54. The van der Waals surface area contributed by atoms with Gasteiger partial charge in [0, 0.05) is 0 Å². The summed E-state index contributed by atoms with van der Waals surface area (Å²) in [5.41, 5.74) is -0.520. The highest BCUT2D eigenvalue weighted by molar-refractivity contribution is 4.92. The molecule has 0 bridgehead atoms. The molecule has 61 valence electrons.